The van der Waals surface area contributed by atoms with Gasteiger partial charge in [-0.15, -0.1) is 0 Å². The summed E-state index contributed by atoms with van der Waals surface area (Å²) in [7, 11) is 2.08. The Labute approximate surface area is 136 Å². The van der Waals surface area contributed by atoms with Gasteiger partial charge in [0, 0.05) is 31.7 Å². The maximum atomic E-state index is 12.6. The molecule has 4 rings (SSSR count). The quantitative estimate of drug-likeness (QED) is 0.890. The Balaban J connectivity index is 1.51. The zero-order valence-electron chi connectivity index (χ0n) is 13.6. The van der Waals surface area contributed by atoms with E-state index in [0.717, 1.165) is 50.1 Å². The topological polar surface area (TPSA) is 52.6 Å². The SMILES string of the molecule is CN1CCN(C(=O)CC2NC(=O)c3cc4c(cc32)CCC4)CC1. The van der Waals surface area contributed by atoms with E-state index in [0.29, 0.717) is 6.42 Å². The van der Waals surface area contributed by atoms with Crippen LogP contribution in [0.4, 0.5) is 0 Å². The third-order valence-electron chi connectivity index (χ3n) is 5.42. The number of fused-ring (bicyclic) bond motifs is 2. The van der Waals surface area contributed by atoms with Crippen LogP contribution in [0.25, 0.3) is 0 Å². The molecule has 2 amide bonds. The highest BCUT2D eigenvalue weighted by atomic mass is 16.2. The Morgan fingerprint density at radius 2 is 1.87 bits per heavy atom. The highest BCUT2D eigenvalue weighted by Crippen LogP contribution is 2.34. The molecule has 5 nitrogen and oxygen atoms in total. The first-order chi connectivity index (χ1) is 11.1. The van der Waals surface area contributed by atoms with Gasteiger partial charge in [0.25, 0.3) is 5.91 Å². The molecule has 23 heavy (non-hydrogen) atoms. The van der Waals surface area contributed by atoms with Crippen LogP contribution in [-0.2, 0) is 17.6 Å². The third kappa shape index (κ3) is 2.63. The van der Waals surface area contributed by atoms with E-state index in [4.69, 9.17) is 0 Å². The number of hydrogen-bond donors (Lipinski definition) is 1. The van der Waals surface area contributed by atoms with Gasteiger partial charge in [-0.3, -0.25) is 9.59 Å². The normalized spacial score (nSPS) is 23.6. The van der Waals surface area contributed by atoms with E-state index in [2.05, 4.69) is 23.3 Å². The molecule has 0 saturated carbocycles. The van der Waals surface area contributed by atoms with Gasteiger partial charge in [-0.2, -0.15) is 0 Å². The molecule has 0 bridgehead atoms. The molecule has 1 saturated heterocycles. The van der Waals surface area contributed by atoms with Crippen LogP contribution in [0.2, 0.25) is 0 Å². The number of carbonyl (C=O) groups is 2. The largest absolute Gasteiger partial charge is 0.345 e. The summed E-state index contributed by atoms with van der Waals surface area (Å²) in [6.45, 7) is 3.42. The average Bonchev–Trinajstić information content (AvgIpc) is 3.11. The summed E-state index contributed by atoms with van der Waals surface area (Å²) in [6.07, 6.45) is 3.71. The van der Waals surface area contributed by atoms with E-state index in [1.807, 2.05) is 11.0 Å². The van der Waals surface area contributed by atoms with Gasteiger partial charge < -0.3 is 15.1 Å². The average molecular weight is 313 g/mol. The lowest BCUT2D eigenvalue weighted by Gasteiger charge is -2.33. The maximum Gasteiger partial charge on any atom is 0.252 e. The van der Waals surface area contributed by atoms with Crippen molar-refractivity contribution in [2.45, 2.75) is 31.7 Å². The van der Waals surface area contributed by atoms with Crippen molar-refractivity contribution < 1.29 is 9.59 Å². The standard InChI is InChI=1S/C18H23N3O2/c1-20-5-7-21(8-6-20)17(22)11-16-14-9-12-3-2-4-13(12)10-15(14)18(23)19-16/h9-10,16H,2-8,11H2,1H3,(H,19,23). The summed E-state index contributed by atoms with van der Waals surface area (Å²) in [5.74, 6) is 0.127. The molecule has 0 spiro atoms. The molecule has 1 atom stereocenters. The summed E-state index contributed by atoms with van der Waals surface area (Å²) >= 11 is 0. The highest BCUT2D eigenvalue weighted by molar-refractivity contribution is 6.00. The third-order valence-corrected chi connectivity index (χ3v) is 5.42. The van der Waals surface area contributed by atoms with Crippen molar-refractivity contribution in [1.29, 1.82) is 0 Å². The molecular formula is C18H23N3O2. The van der Waals surface area contributed by atoms with E-state index in [9.17, 15) is 9.59 Å². The lowest BCUT2D eigenvalue weighted by atomic mass is 9.96. The van der Waals surface area contributed by atoms with E-state index < -0.39 is 0 Å². The first-order valence-electron chi connectivity index (χ1n) is 8.54. The summed E-state index contributed by atoms with van der Waals surface area (Å²) < 4.78 is 0. The second kappa shape index (κ2) is 5.64. The maximum absolute atomic E-state index is 12.6. The number of piperazine rings is 1. The van der Waals surface area contributed by atoms with Crippen molar-refractivity contribution in [1.82, 2.24) is 15.1 Å². The number of nitrogens with zero attached hydrogens (tertiary/aromatic N) is 2. The number of carbonyl (C=O) groups excluding carboxylic acids is 2. The molecule has 1 aromatic rings. The Morgan fingerprint density at radius 1 is 1.17 bits per heavy atom. The molecule has 5 heteroatoms. The predicted molar refractivity (Wildman–Crippen MR) is 87.4 cm³/mol. The fourth-order valence-corrected chi connectivity index (χ4v) is 3.96. The Morgan fingerprint density at radius 3 is 2.61 bits per heavy atom. The Bertz CT molecular complexity index is 662. The zero-order chi connectivity index (χ0) is 16.0. The van der Waals surface area contributed by atoms with Crippen LogP contribution in [0.3, 0.4) is 0 Å². The molecule has 1 N–H and O–H groups in total. The molecule has 1 fully saturated rings. The first-order valence-corrected chi connectivity index (χ1v) is 8.54. The number of amides is 2. The van der Waals surface area contributed by atoms with E-state index in [-0.39, 0.29) is 17.9 Å². The first kappa shape index (κ1) is 14.7. The van der Waals surface area contributed by atoms with Crippen LogP contribution in [0, 0.1) is 0 Å². The number of likely N-dealkylation sites (N-methyl/N-ethyl adjacent to an activating group) is 1. The van der Waals surface area contributed by atoms with Crippen molar-refractivity contribution in [3.8, 4) is 0 Å². The molecule has 2 heterocycles. The number of benzene rings is 1. The fraction of sp³-hybridized carbons (Fsp3) is 0.556. The molecule has 2 aliphatic heterocycles. The summed E-state index contributed by atoms with van der Waals surface area (Å²) in [5, 5.41) is 3.00. The highest BCUT2D eigenvalue weighted by Gasteiger charge is 2.33. The van der Waals surface area contributed by atoms with E-state index in [1.165, 1.54) is 17.5 Å². The molecule has 1 aromatic carbocycles. The van der Waals surface area contributed by atoms with Crippen LogP contribution in [0.1, 0.15) is 45.9 Å². The Hall–Kier alpha value is -1.88. The van der Waals surface area contributed by atoms with Crippen molar-refractivity contribution in [2.24, 2.45) is 0 Å². The lowest BCUT2D eigenvalue weighted by Crippen LogP contribution is -2.47. The number of nitrogens with one attached hydrogen (secondary N) is 1. The van der Waals surface area contributed by atoms with Gasteiger partial charge in [0.05, 0.1) is 12.5 Å². The second-order valence-corrected chi connectivity index (χ2v) is 6.98. The van der Waals surface area contributed by atoms with E-state index in [1.54, 1.807) is 0 Å². The van der Waals surface area contributed by atoms with Crippen LogP contribution in [-0.4, -0.2) is 54.8 Å². The van der Waals surface area contributed by atoms with Gasteiger partial charge >= 0.3 is 0 Å². The molecule has 1 unspecified atom stereocenters. The molecule has 3 aliphatic rings. The minimum Gasteiger partial charge on any atom is -0.345 e. The summed E-state index contributed by atoms with van der Waals surface area (Å²) in [6, 6.07) is 4.06. The second-order valence-electron chi connectivity index (χ2n) is 6.98. The van der Waals surface area contributed by atoms with Crippen molar-refractivity contribution in [2.75, 3.05) is 33.2 Å². The van der Waals surface area contributed by atoms with Gasteiger partial charge in [-0.05, 0) is 49.1 Å². The molecule has 0 radical (unpaired) electrons. The molecule has 0 aromatic heterocycles. The lowest BCUT2D eigenvalue weighted by molar-refractivity contribution is -0.133. The van der Waals surface area contributed by atoms with Gasteiger partial charge in [0.15, 0.2) is 0 Å². The van der Waals surface area contributed by atoms with Crippen LogP contribution in [0.15, 0.2) is 12.1 Å². The number of aryl methyl sites for hydroxylation is 2. The monoisotopic (exact) mass is 313 g/mol. The number of rotatable bonds is 2. The van der Waals surface area contributed by atoms with Crippen molar-refractivity contribution in [3.63, 3.8) is 0 Å². The van der Waals surface area contributed by atoms with Gasteiger partial charge in [0.2, 0.25) is 5.91 Å². The van der Waals surface area contributed by atoms with Crippen molar-refractivity contribution in [3.05, 3.63) is 34.4 Å². The van der Waals surface area contributed by atoms with Gasteiger partial charge in [-0.1, -0.05) is 6.07 Å². The van der Waals surface area contributed by atoms with Gasteiger partial charge in [0.1, 0.15) is 0 Å². The van der Waals surface area contributed by atoms with Crippen LogP contribution >= 0.6 is 0 Å². The van der Waals surface area contributed by atoms with Crippen LogP contribution in [0.5, 0.6) is 0 Å². The summed E-state index contributed by atoms with van der Waals surface area (Å²) in [5.41, 5.74) is 4.47. The zero-order valence-corrected chi connectivity index (χ0v) is 13.6. The molecule has 1 aliphatic carbocycles. The Kier molecular flexibility index (Phi) is 3.60. The van der Waals surface area contributed by atoms with Crippen molar-refractivity contribution >= 4 is 11.8 Å². The van der Waals surface area contributed by atoms with E-state index >= 15 is 0 Å². The number of hydrogen-bond acceptors (Lipinski definition) is 3. The molecule has 122 valence electrons. The smallest absolute Gasteiger partial charge is 0.252 e. The fourth-order valence-electron chi connectivity index (χ4n) is 3.96. The van der Waals surface area contributed by atoms with Crippen LogP contribution < -0.4 is 5.32 Å². The summed E-state index contributed by atoms with van der Waals surface area (Å²) in [4.78, 5) is 29.0. The molecular weight excluding hydrogens is 290 g/mol. The minimum atomic E-state index is -0.157. The predicted octanol–water partition coefficient (Wildman–Crippen LogP) is 1.12. The minimum absolute atomic E-state index is 0.0223. The van der Waals surface area contributed by atoms with Gasteiger partial charge in [-0.25, -0.2) is 0 Å².